The Hall–Kier alpha value is -1.65. The van der Waals surface area contributed by atoms with Crippen LogP contribution in [0.3, 0.4) is 0 Å². The highest BCUT2D eigenvalue weighted by molar-refractivity contribution is 14.0. The zero-order chi connectivity index (χ0) is 20.9. The first-order chi connectivity index (χ1) is 13.9. The molecule has 2 N–H and O–H groups in total. The first-order valence-corrected chi connectivity index (χ1v) is 11.3. The van der Waals surface area contributed by atoms with Gasteiger partial charge in [0.1, 0.15) is 0 Å². The minimum Gasteiger partial charge on any atom is -0.356 e. The lowest BCUT2D eigenvalue weighted by molar-refractivity contribution is 0.244. The van der Waals surface area contributed by atoms with Crippen LogP contribution in [0.1, 0.15) is 30.4 Å². The minimum atomic E-state index is -3.40. The van der Waals surface area contributed by atoms with Gasteiger partial charge in [-0.15, -0.1) is 24.0 Å². The monoisotopic (exact) mass is 542 g/mol. The molecule has 0 amide bonds. The van der Waals surface area contributed by atoms with Gasteiger partial charge in [0, 0.05) is 39.6 Å². The molecule has 0 bridgehead atoms. The molecule has 2 aromatic rings. The van der Waals surface area contributed by atoms with Crippen molar-refractivity contribution in [2.45, 2.75) is 36.1 Å². The van der Waals surface area contributed by atoms with Crippen LogP contribution in [0.4, 0.5) is 0 Å². The van der Waals surface area contributed by atoms with Gasteiger partial charge in [0.25, 0.3) is 0 Å². The van der Waals surface area contributed by atoms with E-state index in [9.17, 15) is 8.42 Å². The van der Waals surface area contributed by atoms with Crippen molar-refractivity contribution in [3.8, 4) is 0 Å². The van der Waals surface area contributed by atoms with E-state index in [0.717, 1.165) is 18.1 Å². The molecule has 1 aliphatic carbocycles. The predicted octanol–water partition coefficient (Wildman–Crippen LogP) is 3.34. The number of guanidine groups is 1. The standard InChI is InChI=1S/C22H30N4O2S.HI/c1-23-21(25-17-22(14-7-15-22)19-8-5-4-6-9-19)24-16-18-10-12-20(13-11-18)29(27,28)26(2)3;/h4-6,8-13H,7,14-17H2,1-3H3,(H2,23,24,25);1H. The molecule has 1 saturated carbocycles. The Morgan fingerprint density at radius 1 is 1.03 bits per heavy atom. The molecule has 1 fully saturated rings. The van der Waals surface area contributed by atoms with E-state index in [1.54, 1.807) is 19.2 Å². The van der Waals surface area contributed by atoms with Gasteiger partial charge < -0.3 is 10.6 Å². The summed E-state index contributed by atoms with van der Waals surface area (Å²) >= 11 is 0. The van der Waals surface area contributed by atoms with Crippen molar-refractivity contribution in [3.05, 3.63) is 65.7 Å². The number of benzene rings is 2. The van der Waals surface area contributed by atoms with Crippen LogP contribution in [0.15, 0.2) is 64.5 Å². The number of aliphatic imine (C=N–C) groups is 1. The van der Waals surface area contributed by atoms with Crippen LogP contribution < -0.4 is 10.6 Å². The number of sulfonamides is 1. The third-order valence-corrected chi connectivity index (χ3v) is 7.51. The summed E-state index contributed by atoms with van der Waals surface area (Å²) in [6, 6.07) is 17.6. The average molecular weight is 542 g/mol. The van der Waals surface area contributed by atoms with Gasteiger partial charge >= 0.3 is 0 Å². The maximum absolute atomic E-state index is 12.2. The summed E-state index contributed by atoms with van der Waals surface area (Å²) in [7, 11) is 1.43. The molecule has 164 valence electrons. The first kappa shape index (κ1) is 24.6. The highest BCUT2D eigenvalue weighted by atomic mass is 127. The molecule has 0 heterocycles. The number of hydrogen-bond donors (Lipinski definition) is 2. The number of nitrogens with one attached hydrogen (secondary N) is 2. The Morgan fingerprint density at radius 3 is 2.17 bits per heavy atom. The van der Waals surface area contributed by atoms with Crippen molar-refractivity contribution >= 4 is 40.0 Å². The first-order valence-electron chi connectivity index (χ1n) is 9.89. The Labute approximate surface area is 197 Å². The molecule has 2 aromatic carbocycles. The summed E-state index contributed by atoms with van der Waals surface area (Å²) < 4.78 is 25.6. The molecule has 0 radical (unpaired) electrons. The van der Waals surface area contributed by atoms with Gasteiger partial charge in [-0.1, -0.05) is 48.9 Å². The number of hydrogen-bond acceptors (Lipinski definition) is 3. The van der Waals surface area contributed by atoms with E-state index in [1.165, 1.54) is 43.2 Å². The number of halogens is 1. The van der Waals surface area contributed by atoms with Crippen molar-refractivity contribution in [2.75, 3.05) is 27.7 Å². The van der Waals surface area contributed by atoms with Crippen molar-refractivity contribution in [1.82, 2.24) is 14.9 Å². The fourth-order valence-corrected chi connectivity index (χ4v) is 4.51. The van der Waals surface area contributed by atoms with Gasteiger partial charge in [-0.05, 0) is 36.1 Å². The largest absolute Gasteiger partial charge is 0.356 e. The molecule has 0 spiro atoms. The molecule has 6 nitrogen and oxygen atoms in total. The van der Waals surface area contributed by atoms with Gasteiger partial charge in [-0.3, -0.25) is 4.99 Å². The second-order valence-electron chi connectivity index (χ2n) is 7.71. The molecule has 8 heteroatoms. The van der Waals surface area contributed by atoms with Crippen molar-refractivity contribution in [2.24, 2.45) is 4.99 Å². The second kappa shape index (κ2) is 10.6. The van der Waals surface area contributed by atoms with E-state index in [4.69, 9.17) is 0 Å². The van der Waals surface area contributed by atoms with Crippen LogP contribution in [0.5, 0.6) is 0 Å². The van der Waals surface area contributed by atoms with Gasteiger partial charge in [0.2, 0.25) is 10.0 Å². The second-order valence-corrected chi connectivity index (χ2v) is 9.86. The lowest BCUT2D eigenvalue weighted by Crippen LogP contribution is -2.48. The molecule has 3 rings (SSSR count). The van der Waals surface area contributed by atoms with Gasteiger partial charge in [-0.2, -0.15) is 0 Å². The molecule has 0 aromatic heterocycles. The summed E-state index contributed by atoms with van der Waals surface area (Å²) in [5, 5.41) is 6.79. The average Bonchev–Trinajstić information content (AvgIpc) is 2.70. The zero-order valence-corrected chi connectivity index (χ0v) is 20.9. The van der Waals surface area contributed by atoms with Crippen molar-refractivity contribution in [3.63, 3.8) is 0 Å². The maximum atomic E-state index is 12.2. The van der Waals surface area contributed by atoms with E-state index in [2.05, 4.69) is 46.0 Å². The Kier molecular flexibility index (Phi) is 8.69. The summed E-state index contributed by atoms with van der Waals surface area (Å²) in [4.78, 5) is 4.63. The van der Waals surface area contributed by atoms with E-state index in [1.807, 2.05) is 12.1 Å². The predicted molar refractivity (Wildman–Crippen MR) is 133 cm³/mol. The molecule has 0 atom stereocenters. The number of nitrogens with zero attached hydrogens (tertiary/aromatic N) is 2. The number of rotatable bonds is 7. The quantitative estimate of drug-likeness (QED) is 0.320. The molecule has 30 heavy (non-hydrogen) atoms. The normalized spacial score (nSPS) is 15.8. The Balaban J connectivity index is 0.00000320. The lowest BCUT2D eigenvalue weighted by atomic mass is 9.64. The van der Waals surface area contributed by atoms with Crippen LogP contribution >= 0.6 is 24.0 Å². The minimum absolute atomic E-state index is 0. The molecule has 0 aliphatic heterocycles. The summed E-state index contributed by atoms with van der Waals surface area (Å²) in [5.74, 6) is 0.747. The van der Waals surface area contributed by atoms with E-state index in [0.29, 0.717) is 11.4 Å². The highest BCUT2D eigenvalue weighted by Gasteiger charge is 2.38. The van der Waals surface area contributed by atoms with E-state index >= 15 is 0 Å². The van der Waals surface area contributed by atoms with Crippen LogP contribution in [0.25, 0.3) is 0 Å². The zero-order valence-electron chi connectivity index (χ0n) is 17.8. The smallest absolute Gasteiger partial charge is 0.242 e. The lowest BCUT2D eigenvalue weighted by Gasteiger charge is -2.43. The fourth-order valence-electron chi connectivity index (χ4n) is 3.61. The topological polar surface area (TPSA) is 73.8 Å². The summed E-state index contributed by atoms with van der Waals surface area (Å²) in [6.07, 6.45) is 3.62. The highest BCUT2D eigenvalue weighted by Crippen LogP contribution is 2.43. The van der Waals surface area contributed by atoms with Crippen LogP contribution in [-0.2, 0) is 22.0 Å². The van der Waals surface area contributed by atoms with Gasteiger partial charge in [0.15, 0.2) is 5.96 Å². The van der Waals surface area contributed by atoms with Crippen molar-refractivity contribution in [1.29, 1.82) is 0 Å². The summed E-state index contributed by atoms with van der Waals surface area (Å²) in [6.45, 7) is 1.41. The molecular weight excluding hydrogens is 511 g/mol. The molecule has 0 unspecified atom stereocenters. The third-order valence-electron chi connectivity index (χ3n) is 5.68. The van der Waals surface area contributed by atoms with Crippen molar-refractivity contribution < 1.29 is 8.42 Å². The third kappa shape index (κ3) is 5.53. The fraction of sp³-hybridized carbons (Fsp3) is 0.409. The summed E-state index contributed by atoms with van der Waals surface area (Å²) in [5.41, 5.74) is 2.56. The SMILES string of the molecule is CN=C(NCc1ccc(S(=O)(=O)N(C)C)cc1)NCC1(c2ccccc2)CCC1.I. The van der Waals surface area contributed by atoms with E-state index < -0.39 is 10.0 Å². The van der Waals surface area contributed by atoms with Crippen LogP contribution in [-0.4, -0.2) is 46.4 Å². The Bertz CT molecular complexity index is 941. The van der Waals surface area contributed by atoms with Gasteiger partial charge in [0.05, 0.1) is 4.90 Å². The maximum Gasteiger partial charge on any atom is 0.242 e. The van der Waals surface area contributed by atoms with Gasteiger partial charge in [-0.25, -0.2) is 12.7 Å². The molecular formula is C22H31IN4O2S. The molecule has 0 saturated heterocycles. The molecule has 1 aliphatic rings. The van der Waals surface area contributed by atoms with Crippen LogP contribution in [0.2, 0.25) is 0 Å². The van der Waals surface area contributed by atoms with E-state index in [-0.39, 0.29) is 29.4 Å². The van der Waals surface area contributed by atoms with Crippen LogP contribution in [0, 0.1) is 0 Å². The Morgan fingerprint density at radius 2 is 1.67 bits per heavy atom.